The van der Waals surface area contributed by atoms with Crippen molar-refractivity contribution >= 4 is 23.0 Å². The highest BCUT2D eigenvalue weighted by molar-refractivity contribution is 7.80. The van der Waals surface area contributed by atoms with Gasteiger partial charge < -0.3 is 10.6 Å². The van der Waals surface area contributed by atoms with E-state index >= 15 is 0 Å². The van der Waals surface area contributed by atoms with Crippen LogP contribution in [-0.2, 0) is 0 Å². The van der Waals surface area contributed by atoms with Crippen LogP contribution in [-0.4, -0.2) is 27.5 Å². The quantitative estimate of drug-likeness (QED) is 0.808. The van der Waals surface area contributed by atoms with Gasteiger partial charge in [0.05, 0.1) is 10.7 Å². The molecule has 1 heterocycles. The molecule has 0 spiro atoms. The Hall–Kier alpha value is -1.30. The molecule has 0 aromatic carbocycles. The molecule has 2 N–H and O–H groups in total. The van der Waals surface area contributed by atoms with Crippen molar-refractivity contribution in [3.8, 4) is 0 Å². The Morgan fingerprint density at radius 1 is 1.59 bits per heavy atom. The largest absolute Gasteiger partial charge is 0.393 e. The summed E-state index contributed by atoms with van der Waals surface area (Å²) in [6.07, 6.45) is 4.11. The topological polar surface area (TPSA) is 55.0 Å². The number of rotatable bonds is 5. The van der Waals surface area contributed by atoms with Crippen LogP contribution in [0, 0.1) is 12.7 Å². The van der Waals surface area contributed by atoms with Crippen LogP contribution in [0.1, 0.15) is 25.0 Å². The van der Waals surface area contributed by atoms with E-state index in [9.17, 15) is 4.39 Å². The van der Waals surface area contributed by atoms with Crippen LogP contribution in [0.15, 0.2) is 6.33 Å². The zero-order valence-corrected chi connectivity index (χ0v) is 10.5. The molecular formula is C11H15FN4S. The molecule has 0 bridgehead atoms. The fourth-order valence-corrected chi connectivity index (χ4v) is 1.82. The summed E-state index contributed by atoms with van der Waals surface area (Å²) >= 11 is 4.85. The van der Waals surface area contributed by atoms with E-state index in [1.807, 2.05) is 4.90 Å². The molecule has 1 fully saturated rings. The van der Waals surface area contributed by atoms with E-state index in [0.29, 0.717) is 35.5 Å². The number of aryl methyl sites for hydroxylation is 1. The number of anilines is 1. The maximum absolute atomic E-state index is 13.9. The Kier molecular flexibility index (Phi) is 3.51. The van der Waals surface area contributed by atoms with Crippen molar-refractivity contribution in [1.82, 2.24) is 9.97 Å². The predicted molar refractivity (Wildman–Crippen MR) is 68.5 cm³/mol. The van der Waals surface area contributed by atoms with Gasteiger partial charge in [-0.2, -0.15) is 0 Å². The zero-order valence-electron chi connectivity index (χ0n) is 9.69. The van der Waals surface area contributed by atoms with Crippen molar-refractivity contribution in [3.63, 3.8) is 0 Å². The van der Waals surface area contributed by atoms with Crippen molar-refractivity contribution in [3.05, 3.63) is 17.8 Å². The highest BCUT2D eigenvalue weighted by Crippen LogP contribution is 2.32. The fraction of sp³-hybridized carbons (Fsp3) is 0.545. The number of hydrogen-bond acceptors (Lipinski definition) is 4. The fourth-order valence-electron chi connectivity index (χ4n) is 1.72. The molecule has 0 saturated heterocycles. The third-order valence-electron chi connectivity index (χ3n) is 2.80. The lowest BCUT2D eigenvalue weighted by atomic mass is 10.3. The summed E-state index contributed by atoms with van der Waals surface area (Å²) < 4.78 is 13.9. The Labute approximate surface area is 105 Å². The van der Waals surface area contributed by atoms with Crippen molar-refractivity contribution < 1.29 is 4.39 Å². The average Bonchev–Trinajstić information content (AvgIpc) is 3.08. The molecule has 4 nitrogen and oxygen atoms in total. The normalized spacial score (nSPS) is 14.7. The van der Waals surface area contributed by atoms with E-state index in [2.05, 4.69) is 9.97 Å². The van der Waals surface area contributed by atoms with Crippen LogP contribution in [0.2, 0.25) is 0 Å². The van der Waals surface area contributed by atoms with Crippen LogP contribution in [0.5, 0.6) is 0 Å². The number of nitrogens with zero attached hydrogens (tertiary/aromatic N) is 3. The monoisotopic (exact) mass is 254 g/mol. The summed E-state index contributed by atoms with van der Waals surface area (Å²) in [7, 11) is 0. The van der Waals surface area contributed by atoms with E-state index in [4.69, 9.17) is 18.0 Å². The lowest BCUT2D eigenvalue weighted by Gasteiger charge is -2.23. The van der Waals surface area contributed by atoms with Gasteiger partial charge in [0.25, 0.3) is 0 Å². The molecular weight excluding hydrogens is 239 g/mol. The van der Waals surface area contributed by atoms with Gasteiger partial charge in [0.2, 0.25) is 0 Å². The second-order valence-corrected chi connectivity index (χ2v) is 4.76. The number of halogens is 1. The molecule has 1 aliphatic rings. The zero-order chi connectivity index (χ0) is 12.4. The molecule has 1 aliphatic carbocycles. The van der Waals surface area contributed by atoms with Crippen LogP contribution < -0.4 is 10.6 Å². The molecule has 6 heteroatoms. The molecule has 0 radical (unpaired) electrons. The summed E-state index contributed by atoms with van der Waals surface area (Å²) in [5.41, 5.74) is 5.86. The smallest absolute Gasteiger partial charge is 0.186 e. The second kappa shape index (κ2) is 4.91. The highest BCUT2D eigenvalue weighted by Gasteiger charge is 2.31. The molecule has 1 saturated carbocycles. The van der Waals surface area contributed by atoms with E-state index in [1.54, 1.807) is 6.92 Å². The maximum atomic E-state index is 13.9. The van der Waals surface area contributed by atoms with Crippen molar-refractivity contribution in [1.29, 1.82) is 0 Å². The predicted octanol–water partition coefficient (Wildman–Crippen LogP) is 1.57. The number of nitrogens with two attached hydrogens (primary N) is 1. The third kappa shape index (κ3) is 2.88. The molecule has 0 unspecified atom stereocenters. The lowest BCUT2D eigenvalue weighted by Crippen LogP contribution is -2.31. The van der Waals surface area contributed by atoms with Crippen LogP contribution in [0.25, 0.3) is 0 Å². The highest BCUT2D eigenvalue weighted by atomic mass is 32.1. The first-order valence-electron chi connectivity index (χ1n) is 5.61. The van der Waals surface area contributed by atoms with Crippen LogP contribution in [0.4, 0.5) is 10.2 Å². The minimum atomic E-state index is -0.345. The van der Waals surface area contributed by atoms with Crippen molar-refractivity contribution in [2.24, 2.45) is 5.73 Å². The molecule has 0 aliphatic heterocycles. The summed E-state index contributed by atoms with van der Waals surface area (Å²) in [6.45, 7) is 2.26. The van der Waals surface area contributed by atoms with Gasteiger partial charge in [0.1, 0.15) is 6.33 Å². The first-order chi connectivity index (χ1) is 8.09. The molecule has 0 atom stereocenters. The molecule has 0 amide bonds. The standard InChI is InChI=1S/C11H15FN4S/c1-7-10(12)11(15-6-14-7)16(8-2-3-8)5-4-9(13)17/h6,8H,2-5H2,1H3,(H2,13,17). The SMILES string of the molecule is Cc1ncnc(N(CCC(N)=S)C2CC2)c1F. The van der Waals surface area contributed by atoms with E-state index in [1.165, 1.54) is 6.33 Å². The summed E-state index contributed by atoms with van der Waals surface area (Å²) in [4.78, 5) is 10.3. The first kappa shape index (κ1) is 12.2. The molecule has 2 rings (SSSR count). The molecule has 1 aromatic heterocycles. The molecule has 1 aromatic rings. The minimum Gasteiger partial charge on any atom is -0.393 e. The summed E-state index contributed by atoms with van der Waals surface area (Å²) in [5, 5.41) is 0. The number of aromatic nitrogens is 2. The Morgan fingerprint density at radius 2 is 2.29 bits per heavy atom. The van der Waals surface area contributed by atoms with Gasteiger partial charge in [0.15, 0.2) is 11.6 Å². The average molecular weight is 254 g/mol. The molecule has 17 heavy (non-hydrogen) atoms. The van der Waals surface area contributed by atoms with Gasteiger partial charge in [-0.3, -0.25) is 0 Å². The van der Waals surface area contributed by atoms with Gasteiger partial charge in [-0.15, -0.1) is 0 Å². The van der Waals surface area contributed by atoms with Gasteiger partial charge in [-0.1, -0.05) is 12.2 Å². The number of hydrogen-bond donors (Lipinski definition) is 1. The summed E-state index contributed by atoms with van der Waals surface area (Å²) in [6, 6.07) is 0.369. The van der Waals surface area contributed by atoms with E-state index in [0.717, 1.165) is 12.8 Å². The molecule has 92 valence electrons. The van der Waals surface area contributed by atoms with Crippen molar-refractivity contribution in [2.75, 3.05) is 11.4 Å². The van der Waals surface area contributed by atoms with E-state index < -0.39 is 0 Å². The van der Waals surface area contributed by atoms with Gasteiger partial charge in [-0.05, 0) is 19.8 Å². The lowest BCUT2D eigenvalue weighted by molar-refractivity contribution is 0.589. The summed E-state index contributed by atoms with van der Waals surface area (Å²) in [5.74, 6) is 0.0265. The second-order valence-electron chi connectivity index (χ2n) is 4.24. The minimum absolute atomic E-state index is 0.345. The number of thiocarbonyl (C=S) groups is 1. The Balaban J connectivity index is 2.20. The van der Waals surface area contributed by atoms with Crippen LogP contribution in [0.3, 0.4) is 0 Å². The van der Waals surface area contributed by atoms with Gasteiger partial charge >= 0.3 is 0 Å². The van der Waals surface area contributed by atoms with Crippen molar-refractivity contribution in [2.45, 2.75) is 32.2 Å². The van der Waals surface area contributed by atoms with Gasteiger partial charge in [0, 0.05) is 19.0 Å². The van der Waals surface area contributed by atoms with Gasteiger partial charge in [-0.25, -0.2) is 14.4 Å². The maximum Gasteiger partial charge on any atom is 0.186 e. The van der Waals surface area contributed by atoms with E-state index in [-0.39, 0.29) is 5.82 Å². The Morgan fingerprint density at radius 3 is 2.88 bits per heavy atom. The van der Waals surface area contributed by atoms with Crippen LogP contribution >= 0.6 is 12.2 Å². The third-order valence-corrected chi connectivity index (χ3v) is 3.01. The first-order valence-corrected chi connectivity index (χ1v) is 6.02. The Bertz CT molecular complexity index is 433.